The monoisotopic (exact) mass is 363 g/mol. The molecule has 3 rings (SSSR count). The molecule has 0 aliphatic rings. The van der Waals surface area contributed by atoms with Crippen molar-refractivity contribution >= 4 is 5.91 Å². The van der Waals surface area contributed by atoms with E-state index in [1.54, 1.807) is 6.07 Å². The second-order valence-corrected chi connectivity index (χ2v) is 7.04. The molecular weight excluding hydrogens is 338 g/mol. The predicted molar refractivity (Wildman–Crippen MR) is 107 cm³/mol. The zero-order chi connectivity index (χ0) is 19.4. The molecule has 1 aromatic heterocycles. The number of amides is 1. The fourth-order valence-electron chi connectivity index (χ4n) is 2.90. The fraction of sp³-hybridized carbons (Fsp3) is 0.273. The second-order valence-electron chi connectivity index (χ2n) is 7.04. The van der Waals surface area contributed by atoms with Gasteiger partial charge in [0.25, 0.3) is 5.91 Å². The van der Waals surface area contributed by atoms with Gasteiger partial charge in [-0.3, -0.25) is 4.79 Å². The van der Waals surface area contributed by atoms with E-state index in [1.165, 1.54) is 11.1 Å². The van der Waals surface area contributed by atoms with Gasteiger partial charge in [-0.25, -0.2) is 0 Å². The van der Waals surface area contributed by atoms with Gasteiger partial charge in [0.2, 0.25) is 0 Å². The van der Waals surface area contributed by atoms with Gasteiger partial charge < -0.3 is 14.7 Å². The van der Waals surface area contributed by atoms with Gasteiger partial charge in [-0.15, -0.1) is 0 Å². The van der Waals surface area contributed by atoms with Crippen LogP contribution in [0.2, 0.25) is 0 Å². The molecule has 0 radical (unpaired) electrons. The minimum Gasteiger partial charge on any atom is -0.355 e. The molecule has 5 heteroatoms. The van der Waals surface area contributed by atoms with E-state index in [4.69, 9.17) is 4.52 Å². The number of rotatable bonds is 6. The van der Waals surface area contributed by atoms with E-state index in [2.05, 4.69) is 46.6 Å². The maximum Gasteiger partial charge on any atom is 0.273 e. The number of likely N-dealkylation sites (N-methyl/N-ethyl adjacent to an activating group) is 1. The van der Waals surface area contributed by atoms with Gasteiger partial charge in [-0.1, -0.05) is 64.8 Å². The summed E-state index contributed by atoms with van der Waals surface area (Å²) in [5, 5.41) is 6.89. The van der Waals surface area contributed by atoms with Crippen molar-refractivity contribution in [3.05, 3.63) is 77.0 Å². The van der Waals surface area contributed by atoms with E-state index in [-0.39, 0.29) is 17.6 Å². The van der Waals surface area contributed by atoms with Crippen molar-refractivity contribution in [3.63, 3.8) is 0 Å². The van der Waals surface area contributed by atoms with Crippen molar-refractivity contribution in [2.24, 2.45) is 0 Å². The molecule has 0 aliphatic heterocycles. The maximum absolute atomic E-state index is 12.5. The van der Waals surface area contributed by atoms with Crippen LogP contribution in [0.1, 0.15) is 33.2 Å². The Kier molecular flexibility index (Phi) is 5.72. The molecular formula is C22H25N3O2. The lowest BCUT2D eigenvalue weighted by Crippen LogP contribution is -2.34. The zero-order valence-corrected chi connectivity index (χ0v) is 16.2. The summed E-state index contributed by atoms with van der Waals surface area (Å²) in [5.41, 5.74) is 4.73. The Morgan fingerprint density at radius 3 is 2.22 bits per heavy atom. The van der Waals surface area contributed by atoms with E-state index in [0.29, 0.717) is 12.3 Å². The summed E-state index contributed by atoms with van der Waals surface area (Å²) < 4.78 is 5.34. The Morgan fingerprint density at radius 2 is 1.63 bits per heavy atom. The largest absolute Gasteiger partial charge is 0.355 e. The highest BCUT2D eigenvalue weighted by Gasteiger charge is 2.18. The molecule has 0 bridgehead atoms. The van der Waals surface area contributed by atoms with Crippen LogP contribution in [-0.2, 0) is 0 Å². The smallest absolute Gasteiger partial charge is 0.273 e. The van der Waals surface area contributed by atoms with Gasteiger partial charge in [0.05, 0.1) is 6.04 Å². The Bertz CT molecular complexity index is 896. The van der Waals surface area contributed by atoms with Crippen LogP contribution >= 0.6 is 0 Å². The van der Waals surface area contributed by atoms with Crippen LogP contribution in [-0.4, -0.2) is 36.6 Å². The molecule has 0 saturated carbocycles. The molecule has 0 aliphatic carbocycles. The highest BCUT2D eigenvalue weighted by atomic mass is 16.5. The number of aromatic nitrogens is 1. The van der Waals surface area contributed by atoms with Crippen LogP contribution in [0, 0.1) is 13.8 Å². The number of aryl methyl sites for hydroxylation is 2. The Labute approximate surface area is 160 Å². The molecule has 1 amide bonds. The fourth-order valence-corrected chi connectivity index (χ4v) is 2.90. The number of hydrogen-bond donors (Lipinski definition) is 1. The standard InChI is InChI=1S/C22H25N3O2/c1-15-5-9-17(10-6-15)20(25(3)4)14-23-22(26)19-13-21(27-24-19)18-11-7-16(2)8-12-18/h5-13,20H,14H2,1-4H3,(H,23,26)/t20-/m1/s1. The lowest BCUT2D eigenvalue weighted by Gasteiger charge is -2.25. The van der Waals surface area contributed by atoms with Crippen LogP contribution in [0.3, 0.4) is 0 Å². The average molecular weight is 363 g/mol. The van der Waals surface area contributed by atoms with Crippen molar-refractivity contribution in [2.45, 2.75) is 19.9 Å². The van der Waals surface area contributed by atoms with E-state index in [0.717, 1.165) is 11.1 Å². The van der Waals surface area contributed by atoms with Gasteiger partial charge in [-0.2, -0.15) is 0 Å². The number of nitrogens with zero attached hydrogens (tertiary/aromatic N) is 2. The molecule has 1 heterocycles. The van der Waals surface area contributed by atoms with Crippen LogP contribution in [0.25, 0.3) is 11.3 Å². The Morgan fingerprint density at radius 1 is 1.04 bits per heavy atom. The lowest BCUT2D eigenvalue weighted by molar-refractivity contribution is 0.0933. The van der Waals surface area contributed by atoms with Gasteiger partial charge >= 0.3 is 0 Å². The van der Waals surface area contributed by atoms with Crippen molar-refractivity contribution < 1.29 is 9.32 Å². The molecule has 140 valence electrons. The average Bonchev–Trinajstić information content (AvgIpc) is 3.14. The maximum atomic E-state index is 12.5. The summed E-state index contributed by atoms with van der Waals surface area (Å²) >= 11 is 0. The Balaban J connectivity index is 1.67. The van der Waals surface area contributed by atoms with Crippen molar-refractivity contribution in [1.82, 2.24) is 15.4 Å². The van der Waals surface area contributed by atoms with Gasteiger partial charge in [0.1, 0.15) is 0 Å². The Hall–Kier alpha value is -2.92. The molecule has 1 N–H and O–H groups in total. The van der Waals surface area contributed by atoms with Gasteiger partial charge in [0.15, 0.2) is 11.5 Å². The summed E-state index contributed by atoms with van der Waals surface area (Å²) in [7, 11) is 4.00. The van der Waals surface area contributed by atoms with E-state index >= 15 is 0 Å². The number of carbonyl (C=O) groups is 1. The number of benzene rings is 2. The summed E-state index contributed by atoms with van der Waals surface area (Å²) in [6, 6.07) is 18.0. The predicted octanol–water partition coefficient (Wildman–Crippen LogP) is 3.99. The molecule has 3 aromatic rings. The SMILES string of the molecule is Cc1ccc(-c2cc(C(=O)NC[C@H](c3ccc(C)cc3)N(C)C)no2)cc1. The molecule has 1 atom stereocenters. The third-order valence-electron chi connectivity index (χ3n) is 4.62. The number of nitrogens with one attached hydrogen (secondary N) is 1. The normalized spacial score (nSPS) is 12.2. The number of hydrogen-bond acceptors (Lipinski definition) is 4. The molecule has 0 saturated heterocycles. The minimum atomic E-state index is -0.240. The van der Waals surface area contributed by atoms with Gasteiger partial charge in [0, 0.05) is 18.2 Å². The first-order valence-electron chi connectivity index (χ1n) is 8.99. The summed E-state index contributed by atoms with van der Waals surface area (Å²) in [5.74, 6) is 0.346. The molecule has 0 unspecified atom stereocenters. The van der Waals surface area contributed by atoms with Crippen molar-refractivity contribution in [1.29, 1.82) is 0 Å². The zero-order valence-electron chi connectivity index (χ0n) is 16.2. The molecule has 0 spiro atoms. The first-order chi connectivity index (χ1) is 12.9. The van der Waals surface area contributed by atoms with Crippen LogP contribution in [0.4, 0.5) is 0 Å². The topological polar surface area (TPSA) is 58.4 Å². The summed E-state index contributed by atoms with van der Waals surface area (Å²) in [6.07, 6.45) is 0. The third kappa shape index (κ3) is 4.63. The van der Waals surface area contributed by atoms with Crippen LogP contribution < -0.4 is 5.32 Å². The molecule has 2 aromatic carbocycles. The molecule has 27 heavy (non-hydrogen) atoms. The van der Waals surface area contributed by atoms with E-state index in [1.807, 2.05) is 45.3 Å². The minimum absolute atomic E-state index is 0.0815. The van der Waals surface area contributed by atoms with Crippen molar-refractivity contribution in [3.8, 4) is 11.3 Å². The number of carbonyl (C=O) groups excluding carboxylic acids is 1. The highest BCUT2D eigenvalue weighted by Crippen LogP contribution is 2.21. The first-order valence-corrected chi connectivity index (χ1v) is 8.99. The lowest BCUT2D eigenvalue weighted by atomic mass is 10.0. The van der Waals surface area contributed by atoms with Crippen LogP contribution in [0.5, 0.6) is 0 Å². The van der Waals surface area contributed by atoms with Crippen LogP contribution in [0.15, 0.2) is 59.1 Å². The second kappa shape index (κ2) is 8.18. The summed E-state index contributed by atoms with van der Waals surface area (Å²) in [6.45, 7) is 4.58. The van der Waals surface area contributed by atoms with E-state index in [9.17, 15) is 4.79 Å². The van der Waals surface area contributed by atoms with Crippen molar-refractivity contribution in [2.75, 3.05) is 20.6 Å². The summed E-state index contributed by atoms with van der Waals surface area (Å²) in [4.78, 5) is 14.6. The molecule has 5 nitrogen and oxygen atoms in total. The molecule has 0 fully saturated rings. The first kappa shape index (κ1) is 18.9. The van der Waals surface area contributed by atoms with E-state index < -0.39 is 0 Å². The highest BCUT2D eigenvalue weighted by molar-refractivity contribution is 5.93. The van der Waals surface area contributed by atoms with Gasteiger partial charge in [-0.05, 0) is 33.5 Å². The third-order valence-corrected chi connectivity index (χ3v) is 4.62. The quantitative estimate of drug-likeness (QED) is 0.719.